The van der Waals surface area contributed by atoms with Crippen molar-refractivity contribution in [3.63, 3.8) is 0 Å². The molecule has 1 aliphatic rings. The maximum absolute atomic E-state index is 12.7. The third-order valence-corrected chi connectivity index (χ3v) is 5.39. The van der Waals surface area contributed by atoms with Gasteiger partial charge in [-0.15, -0.1) is 0 Å². The highest BCUT2D eigenvalue weighted by Gasteiger charge is 2.27. The predicted molar refractivity (Wildman–Crippen MR) is 106 cm³/mol. The number of nitrogens with two attached hydrogens (primary N) is 1. The van der Waals surface area contributed by atoms with E-state index < -0.39 is 6.04 Å². The molecule has 3 rings (SSSR count). The molecule has 0 aromatic heterocycles. The van der Waals surface area contributed by atoms with Crippen LogP contribution in [-0.4, -0.2) is 47.9 Å². The summed E-state index contributed by atoms with van der Waals surface area (Å²) in [4.78, 5) is 17.0. The van der Waals surface area contributed by atoms with Crippen molar-refractivity contribution in [2.24, 2.45) is 5.73 Å². The summed E-state index contributed by atoms with van der Waals surface area (Å²) in [5.74, 6) is 0.0487. The van der Waals surface area contributed by atoms with Crippen molar-refractivity contribution in [2.45, 2.75) is 25.4 Å². The number of halogens is 1. The second kappa shape index (κ2) is 8.67. The van der Waals surface area contributed by atoms with Crippen LogP contribution in [0.3, 0.4) is 0 Å². The fourth-order valence-electron chi connectivity index (χ4n) is 3.47. The van der Waals surface area contributed by atoms with Crippen molar-refractivity contribution in [1.29, 1.82) is 0 Å². The molecule has 2 N–H and O–H groups in total. The third kappa shape index (κ3) is 4.64. The Kier molecular flexibility index (Phi) is 6.30. The molecule has 1 aliphatic heterocycles. The van der Waals surface area contributed by atoms with Gasteiger partial charge in [0, 0.05) is 37.2 Å². The minimum Gasteiger partial charge on any atom is -0.339 e. The molecule has 4 nitrogen and oxygen atoms in total. The number of rotatable bonds is 5. The summed E-state index contributed by atoms with van der Waals surface area (Å²) in [7, 11) is 0. The first-order valence-corrected chi connectivity index (χ1v) is 9.50. The molecule has 2 atom stereocenters. The number of benzene rings is 2. The van der Waals surface area contributed by atoms with Crippen LogP contribution >= 0.6 is 11.6 Å². The Bertz CT molecular complexity index is 712. The Morgan fingerprint density at radius 1 is 1.04 bits per heavy atom. The van der Waals surface area contributed by atoms with Crippen LogP contribution in [0.2, 0.25) is 5.02 Å². The van der Waals surface area contributed by atoms with Gasteiger partial charge in [0.25, 0.3) is 0 Å². The van der Waals surface area contributed by atoms with Crippen molar-refractivity contribution in [3.05, 3.63) is 70.7 Å². The molecule has 1 saturated heterocycles. The molecule has 0 saturated carbocycles. The maximum Gasteiger partial charge on any atom is 0.239 e. The average molecular weight is 372 g/mol. The van der Waals surface area contributed by atoms with Crippen molar-refractivity contribution in [2.75, 3.05) is 26.2 Å². The van der Waals surface area contributed by atoms with Gasteiger partial charge in [-0.1, -0.05) is 54.1 Å². The molecular formula is C21H26ClN3O. The summed E-state index contributed by atoms with van der Waals surface area (Å²) >= 11 is 5.97. The van der Waals surface area contributed by atoms with Crippen LogP contribution in [0.15, 0.2) is 54.6 Å². The zero-order valence-corrected chi connectivity index (χ0v) is 15.9. The SMILES string of the molecule is CC(c1ccc(Cl)cc1)N1CCN(C(=O)C(N)Cc2ccccc2)CC1. The van der Waals surface area contributed by atoms with Gasteiger partial charge < -0.3 is 10.6 Å². The molecule has 2 aromatic rings. The van der Waals surface area contributed by atoms with Crippen LogP contribution in [0.25, 0.3) is 0 Å². The molecule has 1 heterocycles. The molecule has 0 bridgehead atoms. The highest BCUT2D eigenvalue weighted by atomic mass is 35.5. The van der Waals surface area contributed by atoms with Gasteiger partial charge in [-0.2, -0.15) is 0 Å². The smallest absolute Gasteiger partial charge is 0.239 e. The van der Waals surface area contributed by atoms with Crippen molar-refractivity contribution in [1.82, 2.24) is 9.80 Å². The van der Waals surface area contributed by atoms with Crippen molar-refractivity contribution >= 4 is 17.5 Å². The lowest BCUT2D eigenvalue weighted by atomic mass is 10.0. The van der Waals surface area contributed by atoms with E-state index in [4.69, 9.17) is 17.3 Å². The number of nitrogens with zero attached hydrogens (tertiary/aromatic N) is 2. The van der Waals surface area contributed by atoms with Gasteiger partial charge in [0.05, 0.1) is 6.04 Å². The van der Waals surface area contributed by atoms with Crippen LogP contribution in [0.4, 0.5) is 0 Å². The minimum atomic E-state index is -0.474. The molecule has 5 heteroatoms. The van der Waals surface area contributed by atoms with Gasteiger partial charge in [0.15, 0.2) is 0 Å². The highest BCUT2D eigenvalue weighted by Crippen LogP contribution is 2.23. The Labute approximate surface area is 160 Å². The molecule has 0 radical (unpaired) electrons. The van der Waals surface area contributed by atoms with Crippen molar-refractivity contribution in [3.8, 4) is 0 Å². The summed E-state index contributed by atoms with van der Waals surface area (Å²) in [5, 5.41) is 0.753. The normalized spacial score (nSPS) is 17.7. The quantitative estimate of drug-likeness (QED) is 0.878. The number of piperazine rings is 1. The summed E-state index contributed by atoms with van der Waals surface area (Å²) in [5.41, 5.74) is 8.51. The van der Waals surface area contributed by atoms with E-state index in [2.05, 4.69) is 24.0 Å². The lowest BCUT2D eigenvalue weighted by Crippen LogP contribution is -2.53. The van der Waals surface area contributed by atoms with Gasteiger partial charge in [0.1, 0.15) is 0 Å². The lowest BCUT2D eigenvalue weighted by Gasteiger charge is -2.39. The summed E-state index contributed by atoms with van der Waals surface area (Å²) in [6, 6.07) is 17.8. The van der Waals surface area contributed by atoms with Gasteiger partial charge in [-0.3, -0.25) is 9.69 Å². The minimum absolute atomic E-state index is 0.0487. The molecule has 1 amide bonds. The van der Waals surface area contributed by atoms with E-state index in [1.54, 1.807) is 0 Å². The predicted octanol–water partition coefficient (Wildman–Crippen LogP) is 3.12. The second-order valence-electron chi connectivity index (χ2n) is 6.88. The molecular weight excluding hydrogens is 346 g/mol. The maximum atomic E-state index is 12.7. The first-order valence-electron chi connectivity index (χ1n) is 9.12. The van der Waals surface area contributed by atoms with E-state index >= 15 is 0 Å². The molecule has 26 heavy (non-hydrogen) atoms. The first kappa shape index (κ1) is 18.9. The fraction of sp³-hybridized carbons (Fsp3) is 0.381. The Hall–Kier alpha value is -1.88. The van der Waals surface area contributed by atoms with E-state index in [0.717, 1.165) is 36.8 Å². The van der Waals surface area contributed by atoms with E-state index in [1.165, 1.54) is 5.56 Å². The van der Waals surface area contributed by atoms with Crippen LogP contribution in [0.5, 0.6) is 0 Å². The first-order chi connectivity index (χ1) is 12.5. The van der Waals surface area contributed by atoms with E-state index in [1.807, 2.05) is 47.4 Å². The number of amides is 1. The number of hydrogen-bond acceptors (Lipinski definition) is 3. The zero-order valence-electron chi connectivity index (χ0n) is 15.1. The Morgan fingerprint density at radius 2 is 1.65 bits per heavy atom. The zero-order chi connectivity index (χ0) is 18.5. The molecule has 2 unspecified atom stereocenters. The Morgan fingerprint density at radius 3 is 2.27 bits per heavy atom. The molecule has 1 fully saturated rings. The lowest BCUT2D eigenvalue weighted by molar-refractivity contribution is -0.134. The van der Waals surface area contributed by atoms with Gasteiger partial charge in [0.2, 0.25) is 5.91 Å². The third-order valence-electron chi connectivity index (χ3n) is 5.14. The average Bonchev–Trinajstić information content (AvgIpc) is 2.68. The van der Waals surface area contributed by atoms with Gasteiger partial charge in [-0.05, 0) is 36.6 Å². The molecule has 0 spiro atoms. The number of carbonyl (C=O) groups excluding carboxylic acids is 1. The molecule has 0 aliphatic carbocycles. The van der Waals surface area contributed by atoms with Crippen LogP contribution < -0.4 is 5.73 Å². The molecule has 2 aromatic carbocycles. The largest absolute Gasteiger partial charge is 0.339 e. The molecule has 138 valence electrons. The summed E-state index contributed by atoms with van der Waals surface area (Å²) < 4.78 is 0. The number of hydrogen-bond donors (Lipinski definition) is 1. The van der Waals surface area contributed by atoms with Crippen LogP contribution in [0.1, 0.15) is 24.1 Å². The van der Waals surface area contributed by atoms with Gasteiger partial charge >= 0.3 is 0 Å². The van der Waals surface area contributed by atoms with E-state index in [-0.39, 0.29) is 5.91 Å². The van der Waals surface area contributed by atoms with E-state index in [0.29, 0.717) is 12.5 Å². The standard InChI is InChI=1S/C21H26ClN3O/c1-16(18-7-9-19(22)10-8-18)24-11-13-25(14-12-24)21(26)20(23)15-17-5-3-2-4-6-17/h2-10,16,20H,11-15,23H2,1H3. The fourth-order valence-corrected chi connectivity index (χ4v) is 3.60. The van der Waals surface area contributed by atoms with Gasteiger partial charge in [-0.25, -0.2) is 0 Å². The van der Waals surface area contributed by atoms with Crippen LogP contribution in [-0.2, 0) is 11.2 Å². The monoisotopic (exact) mass is 371 g/mol. The summed E-state index contributed by atoms with van der Waals surface area (Å²) in [6.07, 6.45) is 0.584. The topological polar surface area (TPSA) is 49.6 Å². The van der Waals surface area contributed by atoms with Crippen molar-refractivity contribution < 1.29 is 4.79 Å². The van der Waals surface area contributed by atoms with E-state index in [9.17, 15) is 4.79 Å². The van der Waals surface area contributed by atoms with Crippen LogP contribution in [0, 0.1) is 0 Å². The second-order valence-corrected chi connectivity index (χ2v) is 7.32. The Balaban J connectivity index is 1.52. The summed E-state index contributed by atoms with van der Waals surface area (Å²) in [6.45, 7) is 5.35. The number of carbonyl (C=O) groups is 1. The highest BCUT2D eigenvalue weighted by molar-refractivity contribution is 6.30.